The van der Waals surface area contributed by atoms with E-state index in [-0.39, 0.29) is 18.4 Å². The summed E-state index contributed by atoms with van der Waals surface area (Å²) in [7, 11) is 0. The van der Waals surface area contributed by atoms with Gasteiger partial charge < -0.3 is 15.4 Å². The lowest BCUT2D eigenvalue weighted by atomic mass is 10.1. The molecule has 2 aromatic rings. The molecule has 0 atom stereocenters. The summed E-state index contributed by atoms with van der Waals surface area (Å²) in [5, 5.41) is 5.98. The fourth-order valence-corrected chi connectivity index (χ4v) is 2.40. The minimum Gasteiger partial charge on any atom is -0.463 e. The molecule has 26 heavy (non-hydrogen) atoms. The highest BCUT2D eigenvalue weighted by Crippen LogP contribution is 2.16. The van der Waals surface area contributed by atoms with Gasteiger partial charge in [0.2, 0.25) is 5.91 Å². The van der Waals surface area contributed by atoms with Crippen LogP contribution < -0.4 is 10.6 Å². The molecule has 0 saturated heterocycles. The van der Waals surface area contributed by atoms with Gasteiger partial charge in [0.15, 0.2) is 0 Å². The Hall–Kier alpha value is -3.08. The number of hydrogen-bond donors (Lipinski definition) is 2. The molecule has 0 saturated carbocycles. The van der Waals surface area contributed by atoms with Crippen LogP contribution in [-0.4, -0.2) is 25.0 Å². The molecule has 0 aliphatic rings. The Bertz CT molecular complexity index is 795. The van der Waals surface area contributed by atoms with Gasteiger partial charge in [0.05, 0.1) is 13.2 Å². The molecule has 0 spiro atoms. The first-order valence-electron chi connectivity index (χ1n) is 8.54. The van der Waals surface area contributed by atoms with Crippen molar-refractivity contribution in [3.8, 4) is 0 Å². The molecular weight excluding hydrogens is 328 g/mol. The van der Waals surface area contributed by atoms with Crippen molar-refractivity contribution in [2.24, 2.45) is 0 Å². The summed E-state index contributed by atoms with van der Waals surface area (Å²) in [5.74, 6) is -0.471. The topological polar surface area (TPSA) is 67.4 Å². The highest BCUT2D eigenvalue weighted by molar-refractivity contribution is 5.94. The first-order valence-corrected chi connectivity index (χ1v) is 8.54. The standard InChI is InChI=1S/C21H24N2O3/c1-4-26-21(25)12-8-17-6-9-18(10-7-17)22-14-20(24)23-19-11-5-15(2)13-16(19)3/h5-13,22H,4,14H2,1-3H3,(H,23,24)/b12-8+. The van der Waals surface area contributed by atoms with Crippen LogP contribution >= 0.6 is 0 Å². The average Bonchev–Trinajstić information content (AvgIpc) is 2.62. The molecule has 5 heteroatoms. The van der Waals surface area contributed by atoms with Crippen molar-refractivity contribution >= 4 is 29.3 Å². The van der Waals surface area contributed by atoms with E-state index in [0.29, 0.717) is 6.61 Å². The van der Waals surface area contributed by atoms with Crippen molar-refractivity contribution in [2.45, 2.75) is 20.8 Å². The Kier molecular flexibility index (Phi) is 6.97. The molecule has 0 bridgehead atoms. The van der Waals surface area contributed by atoms with Gasteiger partial charge in [0, 0.05) is 17.5 Å². The van der Waals surface area contributed by atoms with Crippen LogP contribution in [0.2, 0.25) is 0 Å². The second kappa shape index (κ2) is 9.42. The number of benzene rings is 2. The van der Waals surface area contributed by atoms with Crippen molar-refractivity contribution in [1.29, 1.82) is 0 Å². The molecule has 1 amide bonds. The molecule has 2 N–H and O–H groups in total. The number of ether oxygens (including phenoxy) is 1. The zero-order valence-corrected chi connectivity index (χ0v) is 15.3. The van der Waals surface area contributed by atoms with Gasteiger partial charge in [-0.15, -0.1) is 0 Å². The zero-order valence-electron chi connectivity index (χ0n) is 15.3. The molecule has 0 aromatic heterocycles. The number of esters is 1. The van der Waals surface area contributed by atoms with Crippen molar-refractivity contribution in [3.63, 3.8) is 0 Å². The molecule has 0 aliphatic heterocycles. The monoisotopic (exact) mass is 352 g/mol. The number of rotatable bonds is 7. The average molecular weight is 352 g/mol. The number of carbonyl (C=O) groups is 2. The molecular formula is C21H24N2O3. The number of anilines is 2. The lowest BCUT2D eigenvalue weighted by molar-refractivity contribution is -0.137. The summed E-state index contributed by atoms with van der Waals surface area (Å²) >= 11 is 0. The zero-order chi connectivity index (χ0) is 18.9. The molecule has 0 unspecified atom stereocenters. The molecule has 2 aromatic carbocycles. The van der Waals surface area contributed by atoms with E-state index in [4.69, 9.17) is 4.74 Å². The minimum absolute atomic E-state index is 0.108. The predicted octanol–water partition coefficient (Wildman–Crippen LogP) is 3.93. The molecule has 5 nitrogen and oxygen atoms in total. The highest BCUT2D eigenvalue weighted by Gasteiger charge is 2.05. The van der Waals surface area contributed by atoms with Crippen molar-refractivity contribution in [1.82, 2.24) is 0 Å². The first kappa shape index (κ1) is 19.2. The van der Waals surface area contributed by atoms with Crippen LogP contribution in [0.15, 0.2) is 48.5 Å². The smallest absolute Gasteiger partial charge is 0.330 e. The first-order chi connectivity index (χ1) is 12.5. The molecule has 2 rings (SSSR count). The number of nitrogens with one attached hydrogen (secondary N) is 2. The van der Waals surface area contributed by atoms with Gasteiger partial charge in [-0.25, -0.2) is 4.79 Å². The largest absolute Gasteiger partial charge is 0.463 e. The maximum Gasteiger partial charge on any atom is 0.330 e. The summed E-state index contributed by atoms with van der Waals surface area (Å²) < 4.78 is 4.83. The predicted molar refractivity (Wildman–Crippen MR) is 105 cm³/mol. The van der Waals surface area contributed by atoms with Gasteiger partial charge in [0.1, 0.15) is 0 Å². The SMILES string of the molecule is CCOC(=O)/C=C/c1ccc(NCC(=O)Nc2ccc(C)cc2C)cc1. The molecule has 0 aliphatic carbocycles. The van der Waals surface area contributed by atoms with E-state index in [9.17, 15) is 9.59 Å². The maximum atomic E-state index is 12.1. The lowest BCUT2D eigenvalue weighted by Gasteiger charge is -2.10. The van der Waals surface area contributed by atoms with Crippen LogP contribution in [0.25, 0.3) is 6.08 Å². The summed E-state index contributed by atoms with van der Waals surface area (Å²) in [6.07, 6.45) is 3.08. The Balaban J connectivity index is 1.85. The summed E-state index contributed by atoms with van der Waals surface area (Å²) in [5.41, 5.74) is 4.73. The maximum absolute atomic E-state index is 12.1. The fraction of sp³-hybridized carbons (Fsp3) is 0.238. The summed E-state index contributed by atoms with van der Waals surface area (Å²) in [6.45, 7) is 6.29. The van der Waals surface area contributed by atoms with E-state index in [1.807, 2.05) is 56.3 Å². The quantitative estimate of drug-likeness (QED) is 0.585. The highest BCUT2D eigenvalue weighted by atomic mass is 16.5. The van der Waals surface area contributed by atoms with Crippen LogP contribution in [0.1, 0.15) is 23.6 Å². The van der Waals surface area contributed by atoms with E-state index in [0.717, 1.165) is 28.1 Å². The van der Waals surface area contributed by atoms with Gasteiger partial charge in [0.25, 0.3) is 0 Å². The minimum atomic E-state index is -0.363. The Labute approximate surface area is 154 Å². The summed E-state index contributed by atoms with van der Waals surface area (Å²) in [6, 6.07) is 13.3. The molecule has 0 heterocycles. The normalized spacial score (nSPS) is 10.6. The van der Waals surface area contributed by atoms with Gasteiger partial charge in [-0.2, -0.15) is 0 Å². The van der Waals surface area contributed by atoms with E-state index in [1.165, 1.54) is 6.08 Å². The third-order valence-electron chi connectivity index (χ3n) is 3.72. The number of hydrogen-bond acceptors (Lipinski definition) is 4. The number of carbonyl (C=O) groups excluding carboxylic acids is 2. The lowest BCUT2D eigenvalue weighted by Crippen LogP contribution is -2.22. The van der Waals surface area contributed by atoms with Crippen molar-refractivity contribution in [2.75, 3.05) is 23.8 Å². The van der Waals surface area contributed by atoms with Gasteiger partial charge in [-0.05, 0) is 56.2 Å². The van der Waals surface area contributed by atoms with Crippen LogP contribution in [0.3, 0.4) is 0 Å². The van der Waals surface area contributed by atoms with Crippen LogP contribution in [0, 0.1) is 13.8 Å². The van der Waals surface area contributed by atoms with Gasteiger partial charge >= 0.3 is 5.97 Å². The van der Waals surface area contributed by atoms with E-state index in [2.05, 4.69) is 10.6 Å². The second-order valence-corrected chi connectivity index (χ2v) is 5.93. The van der Waals surface area contributed by atoms with Crippen LogP contribution in [0.4, 0.5) is 11.4 Å². The fourth-order valence-electron chi connectivity index (χ4n) is 2.40. The second-order valence-electron chi connectivity index (χ2n) is 5.93. The third kappa shape index (κ3) is 6.09. The van der Waals surface area contributed by atoms with E-state index >= 15 is 0 Å². The van der Waals surface area contributed by atoms with Crippen molar-refractivity contribution in [3.05, 3.63) is 65.2 Å². The molecule has 0 radical (unpaired) electrons. The Morgan fingerprint density at radius 1 is 1.08 bits per heavy atom. The Morgan fingerprint density at radius 3 is 2.46 bits per heavy atom. The van der Waals surface area contributed by atoms with Crippen LogP contribution in [0.5, 0.6) is 0 Å². The number of amides is 1. The van der Waals surface area contributed by atoms with E-state index < -0.39 is 0 Å². The van der Waals surface area contributed by atoms with E-state index in [1.54, 1.807) is 13.0 Å². The molecule has 0 fully saturated rings. The van der Waals surface area contributed by atoms with Crippen LogP contribution in [-0.2, 0) is 14.3 Å². The summed E-state index contributed by atoms with van der Waals surface area (Å²) in [4.78, 5) is 23.4. The molecule has 136 valence electrons. The van der Waals surface area contributed by atoms with Crippen molar-refractivity contribution < 1.29 is 14.3 Å². The van der Waals surface area contributed by atoms with Gasteiger partial charge in [-0.1, -0.05) is 29.8 Å². The third-order valence-corrected chi connectivity index (χ3v) is 3.72. The van der Waals surface area contributed by atoms with Gasteiger partial charge in [-0.3, -0.25) is 4.79 Å². The number of aryl methyl sites for hydroxylation is 2. The Morgan fingerprint density at radius 2 is 1.81 bits per heavy atom.